The third kappa shape index (κ3) is 4.19. The van der Waals surface area contributed by atoms with Crippen LogP contribution < -0.4 is 10.2 Å². The molecule has 114 valence electrons. The Balaban J connectivity index is 2.14. The summed E-state index contributed by atoms with van der Waals surface area (Å²) < 4.78 is 0. The molecule has 1 aromatic carbocycles. The molecule has 0 radical (unpaired) electrons. The van der Waals surface area contributed by atoms with Crippen molar-refractivity contribution in [3.05, 3.63) is 42.1 Å². The van der Waals surface area contributed by atoms with E-state index in [0.717, 1.165) is 37.4 Å². The Bertz CT molecular complexity index is 624. The van der Waals surface area contributed by atoms with Crippen LogP contribution in [0.5, 0.6) is 0 Å². The van der Waals surface area contributed by atoms with Crippen molar-refractivity contribution >= 4 is 17.5 Å². The van der Waals surface area contributed by atoms with Gasteiger partial charge in [-0.3, -0.25) is 0 Å². The average molecular weight is 295 g/mol. The first-order chi connectivity index (χ1) is 10.8. The minimum Gasteiger partial charge on any atom is -0.356 e. The molecule has 0 atom stereocenters. The summed E-state index contributed by atoms with van der Waals surface area (Å²) >= 11 is 0. The van der Waals surface area contributed by atoms with Crippen LogP contribution in [0.3, 0.4) is 0 Å². The van der Waals surface area contributed by atoms with E-state index in [-0.39, 0.29) is 0 Å². The molecule has 0 saturated carbocycles. The lowest BCUT2D eigenvalue weighted by atomic mass is 10.2. The van der Waals surface area contributed by atoms with Crippen molar-refractivity contribution in [3.8, 4) is 6.07 Å². The van der Waals surface area contributed by atoms with Crippen LogP contribution in [0.15, 0.2) is 36.5 Å². The summed E-state index contributed by atoms with van der Waals surface area (Å²) in [5, 5.41) is 12.0. The average Bonchev–Trinajstić information content (AvgIpc) is 2.56. The number of nitrogens with zero attached hydrogens (tertiary/aromatic N) is 4. The van der Waals surface area contributed by atoms with Crippen LogP contribution in [-0.4, -0.2) is 23.1 Å². The van der Waals surface area contributed by atoms with Crippen LogP contribution in [0, 0.1) is 11.3 Å². The maximum absolute atomic E-state index is 8.82. The first-order valence-corrected chi connectivity index (χ1v) is 7.62. The van der Waals surface area contributed by atoms with Gasteiger partial charge in [-0.1, -0.05) is 13.8 Å². The standard InChI is InChI=1S/C17H21N5/c1-3-11-22(12-4-2)16-9-10-19-17(21-16)20-15-7-5-14(13-18)6-8-15/h5-10H,3-4,11-12H2,1-2H3,(H,19,20,21). The number of nitrogens with one attached hydrogen (secondary N) is 1. The van der Waals surface area contributed by atoms with Gasteiger partial charge in [-0.15, -0.1) is 0 Å². The fourth-order valence-electron chi connectivity index (χ4n) is 2.22. The van der Waals surface area contributed by atoms with Gasteiger partial charge in [-0.25, -0.2) is 4.98 Å². The van der Waals surface area contributed by atoms with Crippen LogP contribution in [0.4, 0.5) is 17.5 Å². The van der Waals surface area contributed by atoms with Crippen molar-refractivity contribution in [2.24, 2.45) is 0 Å². The summed E-state index contributed by atoms with van der Waals surface area (Å²) in [7, 11) is 0. The second-order valence-corrected chi connectivity index (χ2v) is 5.04. The van der Waals surface area contributed by atoms with Crippen LogP contribution in [0.1, 0.15) is 32.3 Å². The van der Waals surface area contributed by atoms with Gasteiger partial charge in [0.15, 0.2) is 0 Å². The summed E-state index contributed by atoms with van der Waals surface area (Å²) in [5.74, 6) is 1.51. The Morgan fingerprint density at radius 3 is 2.36 bits per heavy atom. The maximum atomic E-state index is 8.82. The maximum Gasteiger partial charge on any atom is 0.229 e. The SMILES string of the molecule is CCCN(CCC)c1ccnc(Nc2ccc(C#N)cc2)n1. The van der Waals surface area contributed by atoms with Crippen molar-refractivity contribution in [3.63, 3.8) is 0 Å². The number of nitriles is 1. The Hall–Kier alpha value is -2.61. The first-order valence-electron chi connectivity index (χ1n) is 7.62. The molecule has 0 saturated heterocycles. The smallest absolute Gasteiger partial charge is 0.229 e. The lowest BCUT2D eigenvalue weighted by Gasteiger charge is -2.22. The highest BCUT2D eigenvalue weighted by atomic mass is 15.2. The quantitative estimate of drug-likeness (QED) is 0.843. The Morgan fingerprint density at radius 1 is 1.09 bits per heavy atom. The number of rotatable bonds is 7. The van der Waals surface area contributed by atoms with Crippen molar-refractivity contribution in [1.29, 1.82) is 5.26 Å². The summed E-state index contributed by atoms with van der Waals surface area (Å²) in [6.07, 6.45) is 3.94. The van der Waals surface area contributed by atoms with E-state index in [2.05, 4.69) is 40.1 Å². The Kier molecular flexibility index (Phi) is 5.73. The number of aromatic nitrogens is 2. The topological polar surface area (TPSA) is 64.8 Å². The van der Waals surface area contributed by atoms with E-state index < -0.39 is 0 Å². The van der Waals surface area contributed by atoms with Crippen molar-refractivity contribution < 1.29 is 0 Å². The molecule has 2 aromatic rings. The molecule has 0 unspecified atom stereocenters. The summed E-state index contributed by atoms with van der Waals surface area (Å²) in [6, 6.07) is 11.3. The van der Waals surface area contributed by atoms with E-state index in [4.69, 9.17) is 5.26 Å². The molecule has 1 N–H and O–H groups in total. The molecule has 0 spiro atoms. The third-order valence-corrected chi connectivity index (χ3v) is 3.22. The summed E-state index contributed by atoms with van der Waals surface area (Å²) in [5.41, 5.74) is 1.51. The minimum absolute atomic E-state index is 0.569. The van der Waals surface area contributed by atoms with Crippen LogP contribution in [-0.2, 0) is 0 Å². The minimum atomic E-state index is 0.569. The van der Waals surface area contributed by atoms with Crippen LogP contribution in [0.2, 0.25) is 0 Å². The van der Waals surface area contributed by atoms with E-state index in [9.17, 15) is 0 Å². The van der Waals surface area contributed by atoms with Gasteiger partial charge in [0.2, 0.25) is 5.95 Å². The van der Waals surface area contributed by atoms with Gasteiger partial charge < -0.3 is 10.2 Å². The Morgan fingerprint density at radius 2 is 1.77 bits per heavy atom. The van der Waals surface area contributed by atoms with Gasteiger partial charge in [0.05, 0.1) is 11.6 Å². The summed E-state index contributed by atoms with van der Waals surface area (Å²) in [6.45, 7) is 6.31. The third-order valence-electron chi connectivity index (χ3n) is 3.22. The highest BCUT2D eigenvalue weighted by Gasteiger charge is 2.07. The molecule has 22 heavy (non-hydrogen) atoms. The van der Waals surface area contributed by atoms with Crippen LogP contribution >= 0.6 is 0 Å². The van der Waals surface area contributed by atoms with Gasteiger partial charge in [0.25, 0.3) is 0 Å². The molecule has 2 rings (SSSR count). The molecular formula is C17H21N5. The fourth-order valence-corrected chi connectivity index (χ4v) is 2.22. The van der Waals surface area contributed by atoms with Crippen molar-refractivity contribution in [1.82, 2.24) is 9.97 Å². The molecule has 0 aliphatic carbocycles. The van der Waals surface area contributed by atoms with Gasteiger partial charge in [-0.2, -0.15) is 10.2 Å². The lowest BCUT2D eigenvalue weighted by molar-refractivity contribution is 0.733. The van der Waals surface area contributed by atoms with E-state index in [1.165, 1.54) is 0 Å². The molecule has 0 aliphatic heterocycles. The molecule has 1 heterocycles. The molecule has 1 aromatic heterocycles. The molecule has 0 amide bonds. The number of benzene rings is 1. The van der Waals surface area contributed by atoms with E-state index in [1.807, 2.05) is 18.2 Å². The Labute approximate surface area is 131 Å². The predicted molar refractivity (Wildman–Crippen MR) is 89.3 cm³/mol. The largest absolute Gasteiger partial charge is 0.356 e. The van der Waals surface area contributed by atoms with E-state index >= 15 is 0 Å². The first kappa shape index (κ1) is 15.8. The highest BCUT2D eigenvalue weighted by Crippen LogP contribution is 2.17. The number of anilines is 3. The molecule has 0 fully saturated rings. The predicted octanol–water partition coefficient (Wildman–Crippen LogP) is 3.72. The van der Waals surface area contributed by atoms with Crippen molar-refractivity contribution in [2.45, 2.75) is 26.7 Å². The highest BCUT2D eigenvalue weighted by molar-refractivity contribution is 5.56. The zero-order valence-electron chi connectivity index (χ0n) is 13.1. The molecule has 5 nitrogen and oxygen atoms in total. The van der Waals surface area contributed by atoms with Gasteiger partial charge in [0.1, 0.15) is 5.82 Å². The van der Waals surface area contributed by atoms with Gasteiger partial charge in [0, 0.05) is 25.0 Å². The fraction of sp³-hybridized carbons (Fsp3) is 0.353. The van der Waals surface area contributed by atoms with Gasteiger partial charge >= 0.3 is 0 Å². The molecule has 0 aliphatic rings. The van der Waals surface area contributed by atoms with Gasteiger partial charge in [-0.05, 0) is 43.2 Å². The molecule has 0 bridgehead atoms. The summed E-state index contributed by atoms with van der Waals surface area (Å²) in [4.78, 5) is 11.1. The monoisotopic (exact) mass is 295 g/mol. The van der Waals surface area contributed by atoms with Crippen molar-refractivity contribution in [2.75, 3.05) is 23.3 Å². The normalized spacial score (nSPS) is 10.0. The zero-order valence-corrected chi connectivity index (χ0v) is 13.1. The second kappa shape index (κ2) is 7.99. The second-order valence-electron chi connectivity index (χ2n) is 5.04. The lowest BCUT2D eigenvalue weighted by Crippen LogP contribution is -2.26. The zero-order chi connectivity index (χ0) is 15.8. The van der Waals surface area contributed by atoms with E-state index in [1.54, 1.807) is 18.3 Å². The molecular weight excluding hydrogens is 274 g/mol. The van der Waals surface area contributed by atoms with Crippen LogP contribution in [0.25, 0.3) is 0 Å². The van der Waals surface area contributed by atoms with E-state index in [0.29, 0.717) is 11.5 Å². The number of hydrogen-bond acceptors (Lipinski definition) is 5. The molecule has 5 heteroatoms. The number of hydrogen-bond donors (Lipinski definition) is 1.